The minimum atomic E-state index is -0.507. The summed E-state index contributed by atoms with van der Waals surface area (Å²) in [5, 5.41) is 0.621. The van der Waals surface area contributed by atoms with Crippen molar-refractivity contribution < 1.29 is 19.1 Å². The second kappa shape index (κ2) is 9.68. The number of likely N-dealkylation sites (N-methyl/N-ethyl adjacent to an activating group) is 1. The van der Waals surface area contributed by atoms with Gasteiger partial charge in [0.1, 0.15) is 11.5 Å². The van der Waals surface area contributed by atoms with Crippen molar-refractivity contribution in [2.45, 2.75) is 6.42 Å². The molecule has 0 aromatic heterocycles. The molecule has 2 aromatic carbocycles. The van der Waals surface area contributed by atoms with Gasteiger partial charge in [0.05, 0.1) is 6.61 Å². The number of carbonyl (C=O) groups is 2. The third-order valence-corrected chi connectivity index (χ3v) is 3.86. The van der Waals surface area contributed by atoms with Gasteiger partial charge in [-0.05, 0) is 48.9 Å². The van der Waals surface area contributed by atoms with Gasteiger partial charge in [0.2, 0.25) is 5.91 Å². The lowest BCUT2D eigenvalue weighted by molar-refractivity contribution is -0.132. The maximum atomic E-state index is 12.1. The SMILES string of the molecule is CN(CCCOc1cccc(Cl)c1)C(=O)COc1ccc(C(N)=O)cc1. The monoisotopic (exact) mass is 376 g/mol. The summed E-state index contributed by atoms with van der Waals surface area (Å²) in [6, 6.07) is 13.5. The summed E-state index contributed by atoms with van der Waals surface area (Å²) in [5.41, 5.74) is 5.56. The van der Waals surface area contributed by atoms with Crippen LogP contribution in [0, 0.1) is 0 Å². The highest BCUT2D eigenvalue weighted by molar-refractivity contribution is 6.30. The molecule has 2 N–H and O–H groups in total. The Morgan fingerprint density at radius 2 is 1.81 bits per heavy atom. The molecule has 0 fully saturated rings. The lowest BCUT2D eigenvalue weighted by Gasteiger charge is -2.17. The Balaban J connectivity index is 1.67. The van der Waals surface area contributed by atoms with Crippen molar-refractivity contribution in [2.24, 2.45) is 5.73 Å². The van der Waals surface area contributed by atoms with Crippen LogP contribution < -0.4 is 15.2 Å². The van der Waals surface area contributed by atoms with E-state index in [1.807, 2.05) is 12.1 Å². The molecule has 2 amide bonds. The molecule has 7 heteroatoms. The molecule has 0 radical (unpaired) electrons. The molecule has 0 aliphatic heterocycles. The maximum absolute atomic E-state index is 12.1. The summed E-state index contributed by atoms with van der Waals surface area (Å²) in [7, 11) is 1.71. The predicted octanol–water partition coefficient (Wildman–Crippen LogP) is 2.75. The largest absolute Gasteiger partial charge is 0.493 e. The average Bonchev–Trinajstić information content (AvgIpc) is 2.63. The Morgan fingerprint density at radius 3 is 2.46 bits per heavy atom. The number of rotatable bonds is 9. The first kappa shape index (κ1) is 19.6. The highest BCUT2D eigenvalue weighted by Gasteiger charge is 2.10. The number of nitrogens with two attached hydrogens (primary N) is 1. The number of amides is 2. The van der Waals surface area contributed by atoms with E-state index in [0.29, 0.717) is 41.7 Å². The van der Waals surface area contributed by atoms with Crippen LogP contribution in [0.2, 0.25) is 5.02 Å². The van der Waals surface area contributed by atoms with Crippen LogP contribution in [0.4, 0.5) is 0 Å². The van der Waals surface area contributed by atoms with Crippen molar-refractivity contribution in [3.63, 3.8) is 0 Å². The van der Waals surface area contributed by atoms with Crippen molar-refractivity contribution in [1.29, 1.82) is 0 Å². The van der Waals surface area contributed by atoms with Crippen LogP contribution in [0.15, 0.2) is 48.5 Å². The molecule has 6 nitrogen and oxygen atoms in total. The van der Waals surface area contributed by atoms with E-state index in [1.54, 1.807) is 48.3 Å². The number of nitrogens with zero attached hydrogens (tertiary/aromatic N) is 1. The number of halogens is 1. The molecule has 138 valence electrons. The van der Waals surface area contributed by atoms with Crippen LogP contribution in [0.3, 0.4) is 0 Å². The fraction of sp³-hybridized carbons (Fsp3) is 0.263. The third-order valence-electron chi connectivity index (χ3n) is 3.63. The van der Waals surface area contributed by atoms with Gasteiger partial charge in [0, 0.05) is 24.2 Å². The summed E-state index contributed by atoms with van der Waals surface area (Å²) in [4.78, 5) is 24.7. The molecule has 0 saturated heterocycles. The van der Waals surface area contributed by atoms with E-state index in [-0.39, 0.29) is 12.5 Å². The second-order valence-electron chi connectivity index (χ2n) is 5.65. The Morgan fingerprint density at radius 1 is 1.08 bits per heavy atom. The van der Waals surface area contributed by atoms with Gasteiger partial charge in [-0.1, -0.05) is 17.7 Å². The molecule has 0 heterocycles. The molecular formula is C19H21ClN2O4. The summed E-state index contributed by atoms with van der Waals surface area (Å²) in [6.45, 7) is 0.943. The highest BCUT2D eigenvalue weighted by atomic mass is 35.5. The van der Waals surface area contributed by atoms with E-state index in [0.717, 1.165) is 0 Å². The molecule has 0 bridgehead atoms. The van der Waals surface area contributed by atoms with Crippen LogP contribution >= 0.6 is 11.6 Å². The van der Waals surface area contributed by atoms with Gasteiger partial charge < -0.3 is 20.1 Å². The Labute approximate surface area is 157 Å². The van der Waals surface area contributed by atoms with Crippen LogP contribution in [0.5, 0.6) is 11.5 Å². The zero-order chi connectivity index (χ0) is 18.9. The Kier molecular flexibility index (Phi) is 7.29. The van der Waals surface area contributed by atoms with E-state index in [1.165, 1.54) is 0 Å². The smallest absolute Gasteiger partial charge is 0.260 e. The first-order valence-electron chi connectivity index (χ1n) is 8.10. The standard InChI is InChI=1S/C19H21ClN2O4/c1-22(10-3-11-25-17-5-2-4-15(20)12-17)18(23)13-26-16-8-6-14(7-9-16)19(21)24/h2,4-9,12H,3,10-11,13H2,1H3,(H2,21,24). The number of hydrogen-bond acceptors (Lipinski definition) is 4. The van der Waals surface area contributed by atoms with E-state index >= 15 is 0 Å². The van der Waals surface area contributed by atoms with Gasteiger partial charge in [0.25, 0.3) is 5.91 Å². The highest BCUT2D eigenvalue weighted by Crippen LogP contribution is 2.17. The maximum Gasteiger partial charge on any atom is 0.260 e. The second-order valence-corrected chi connectivity index (χ2v) is 6.09. The van der Waals surface area contributed by atoms with Gasteiger partial charge in [-0.25, -0.2) is 0 Å². The van der Waals surface area contributed by atoms with E-state index in [4.69, 9.17) is 26.8 Å². The quantitative estimate of drug-likeness (QED) is 0.682. The van der Waals surface area contributed by atoms with Crippen molar-refractivity contribution >= 4 is 23.4 Å². The molecule has 2 aromatic rings. The number of hydrogen-bond donors (Lipinski definition) is 1. The average molecular weight is 377 g/mol. The first-order chi connectivity index (χ1) is 12.5. The molecule has 0 spiro atoms. The van der Waals surface area contributed by atoms with E-state index in [2.05, 4.69) is 0 Å². The van der Waals surface area contributed by atoms with Crippen molar-refractivity contribution in [2.75, 3.05) is 26.8 Å². The normalized spacial score (nSPS) is 10.2. The zero-order valence-corrected chi connectivity index (χ0v) is 15.2. The van der Waals surface area contributed by atoms with Crippen LogP contribution in [0.25, 0.3) is 0 Å². The van der Waals surface area contributed by atoms with Crippen LogP contribution in [-0.4, -0.2) is 43.5 Å². The van der Waals surface area contributed by atoms with E-state index < -0.39 is 5.91 Å². The van der Waals surface area contributed by atoms with Crippen LogP contribution in [-0.2, 0) is 4.79 Å². The lowest BCUT2D eigenvalue weighted by Crippen LogP contribution is -2.32. The number of ether oxygens (including phenoxy) is 2. The number of carbonyl (C=O) groups excluding carboxylic acids is 2. The molecule has 0 aliphatic carbocycles. The third kappa shape index (κ3) is 6.29. The Hall–Kier alpha value is -2.73. The minimum Gasteiger partial charge on any atom is -0.493 e. The lowest BCUT2D eigenvalue weighted by atomic mass is 10.2. The van der Waals surface area contributed by atoms with Crippen molar-refractivity contribution in [3.8, 4) is 11.5 Å². The zero-order valence-electron chi connectivity index (χ0n) is 14.5. The minimum absolute atomic E-state index is 0.0818. The topological polar surface area (TPSA) is 81.9 Å². The number of benzene rings is 2. The van der Waals surface area contributed by atoms with Gasteiger partial charge in [-0.2, -0.15) is 0 Å². The summed E-state index contributed by atoms with van der Waals surface area (Å²) in [6.07, 6.45) is 0.683. The van der Waals surface area contributed by atoms with Crippen LogP contribution in [0.1, 0.15) is 16.8 Å². The summed E-state index contributed by atoms with van der Waals surface area (Å²) in [5.74, 6) is 0.550. The van der Waals surface area contributed by atoms with E-state index in [9.17, 15) is 9.59 Å². The van der Waals surface area contributed by atoms with Crippen molar-refractivity contribution in [3.05, 3.63) is 59.1 Å². The fourth-order valence-electron chi connectivity index (χ4n) is 2.14. The molecule has 0 aliphatic rings. The predicted molar refractivity (Wildman–Crippen MR) is 99.7 cm³/mol. The molecule has 2 rings (SSSR count). The van der Waals surface area contributed by atoms with Crippen molar-refractivity contribution in [1.82, 2.24) is 4.90 Å². The molecule has 0 saturated carbocycles. The number of primary amides is 1. The molecular weight excluding hydrogens is 356 g/mol. The fourth-order valence-corrected chi connectivity index (χ4v) is 2.32. The molecule has 0 unspecified atom stereocenters. The molecule has 0 atom stereocenters. The van der Waals surface area contributed by atoms with Gasteiger partial charge in [0.15, 0.2) is 6.61 Å². The molecule has 26 heavy (non-hydrogen) atoms. The van der Waals surface area contributed by atoms with Gasteiger partial charge >= 0.3 is 0 Å². The summed E-state index contributed by atoms with van der Waals surface area (Å²) < 4.78 is 11.0. The Bertz CT molecular complexity index is 749. The summed E-state index contributed by atoms with van der Waals surface area (Å²) >= 11 is 5.89. The van der Waals surface area contributed by atoms with Gasteiger partial charge in [-0.15, -0.1) is 0 Å². The van der Waals surface area contributed by atoms with Gasteiger partial charge in [-0.3, -0.25) is 9.59 Å². The first-order valence-corrected chi connectivity index (χ1v) is 8.48.